The maximum atomic E-state index is 14.5. The Morgan fingerprint density at radius 2 is 2.12 bits per heavy atom. The summed E-state index contributed by atoms with van der Waals surface area (Å²) in [5, 5.41) is 16.8. The first-order valence-electron chi connectivity index (χ1n) is 15.5. The van der Waals surface area contributed by atoms with Crippen LogP contribution in [-0.4, -0.2) is 102 Å². The van der Waals surface area contributed by atoms with Gasteiger partial charge < -0.3 is 19.3 Å². The molecule has 1 aromatic rings. The van der Waals surface area contributed by atoms with Gasteiger partial charge in [-0.2, -0.15) is 5.26 Å². The fourth-order valence-electron chi connectivity index (χ4n) is 7.91. The van der Waals surface area contributed by atoms with Crippen molar-refractivity contribution in [3.8, 4) is 6.07 Å². The van der Waals surface area contributed by atoms with Crippen molar-refractivity contribution in [3.05, 3.63) is 47.5 Å². The third-order valence-corrected chi connectivity index (χ3v) is 10.4. The molecule has 6 rings (SSSR count). The maximum Gasteiger partial charge on any atom is 0.246 e. The number of hydrogen-bond donors (Lipinski definition) is 2. The standard InChI is InChI=1S/C32H44N6O4/c1-4-27(39)38-16-15-37(18-23(38)11-13-33)30-25-10-12-32(17-26-21(2)7-5-8-22(26)19-42-32)29(40)28(25)34-31(35-30)41-20-24-9-6-14-36(24)3/h4-5,7-8,23-25,28,30-31,34-35H,1,6,9-12,14-20H2,2-3H3/t23?,24?,25?,28?,30?,31?,32-/m1/s1. The van der Waals surface area contributed by atoms with E-state index in [1.807, 2.05) is 0 Å². The van der Waals surface area contributed by atoms with Crippen molar-refractivity contribution in [1.29, 1.82) is 5.26 Å². The predicted molar refractivity (Wildman–Crippen MR) is 157 cm³/mol. The minimum atomic E-state index is -0.843. The van der Waals surface area contributed by atoms with Crippen molar-refractivity contribution < 1.29 is 19.1 Å². The lowest BCUT2D eigenvalue weighted by Crippen LogP contribution is -2.75. The number of carbonyl (C=O) groups is 2. The Hall–Kier alpha value is -2.65. The topological polar surface area (TPSA) is 110 Å². The Morgan fingerprint density at radius 3 is 2.88 bits per heavy atom. The van der Waals surface area contributed by atoms with E-state index in [4.69, 9.17) is 9.47 Å². The molecule has 3 saturated heterocycles. The maximum absolute atomic E-state index is 14.5. The molecule has 10 heteroatoms. The van der Waals surface area contributed by atoms with Crippen LogP contribution in [0.15, 0.2) is 30.9 Å². The van der Waals surface area contributed by atoms with Gasteiger partial charge in [0.05, 0.1) is 44.0 Å². The summed E-state index contributed by atoms with van der Waals surface area (Å²) < 4.78 is 12.9. The van der Waals surface area contributed by atoms with Gasteiger partial charge in [0.1, 0.15) is 5.60 Å². The summed E-state index contributed by atoms with van der Waals surface area (Å²) >= 11 is 0. The highest BCUT2D eigenvalue weighted by Gasteiger charge is 2.56. The molecule has 4 aliphatic heterocycles. The molecule has 0 radical (unpaired) electrons. The van der Waals surface area contributed by atoms with Crippen molar-refractivity contribution in [2.45, 2.75) is 88.3 Å². The van der Waals surface area contributed by atoms with Crippen LogP contribution in [0.4, 0.5) is 0 Å². The lowest BCUT2D eigenvalue weighted by Gasteiger charge is -2.55. The van der Waals surface area contributed by atoms with Gasteiger partial charge in [-0.15, -0.1) is 0 Å². The number of piperazine rings is 1. The number of carbonyl (C=O) groups excluding carboxylic acids is 2. The van der Waals surface area contributed by atoms with Crippen molar-refractivity contribution in [1.82, 2.24) is 25.3 Å². The lowest BCUT2D eigenvalue weighted by atomic mass is 9.68. The van der Waals surface area contributed by atoms with Gasteiger partial charge in [-0.1, -0.05) is 24.8 Å². The van der Waals surface area contributed by atoms with Crippen LogP contribution in [0.3, 0.4) is 0 Å². The molecule has 1 aliphatic carbocycles. The number of likely N-dealkylation sites (N-methyl/N-ethyl adjacent to an activating group) is 1. The highest BCUT2D eigenvalue weighted by atomic mass is 16.5. The first-order valence-corrected chi connectivity index (χ1v) is 15.5. The summed E-state index contributed by atoms with van der Waals surface area (Å²) in [5.41, 5.74) is 2.77. The SMILES string of the molecule is C=CC(=O)N1CCN(C2NC(OCC3CCCN3C)NC3C(=O)[C@@]4(CCC32)Cc2c(C)cccc2CO4)CC1CC#N. The molecule has 1 saturated carbocycles. The van der Waals surface area contributed by atoms with Gasteiger partial charge in [0.15, 0.2) is 12.1 Å². The average molecular weight is 577 g/mol. The normalized spacial score (nSPS) is 35.5. The summed E-state index contributed by atoms with van der Waals surface area (Å²) in [6.07, 6.45) is 5.28. The molecule has 6 unspecified atom stereocenters. The third-order valence-electron chi connectivity index (χ3n) is 10.4. The first kappa shape index (κ1) is 29.4. The van der Waals surface area contributed by atoms with E-state index in [0.717, 1.165) is 25.8 Å². The van der Waals surface area contributed by atoms with E-state index in [9.17, 15) is 14.9 Å². The second-order valence-electron chi connectivity index (χ2n) is 12.7. The average Bonchev–Trinajstić information content (AvgIpc) is 3.42. The van der Waals surface area contributed by atoms with E-state index in [1.165, 1.54) is 22.8 Å². The molecule has 4 heterocycles. The van der Waals surface area contributed by atoms with E-state index in [2.05, 4.69) is 65.3 Å². The van der Waals surface area contributed by atoms with Gasteiger partial charge in [0.2, 0.25) is 5.91 Å². The molecule has 1 aromatic carbocycles. The van der Waals surface area contributed by atoms with Crippen molar-refractivity contribution >= 4 is 11.7 Å². The molecule has 0 aromatic heterocycles. The number of hydrogen-bond acceptors (Lipinski definition) is 9. The van der Waals surface area contributed by atoms with Crippen LogP contribution in [-0.2, 0) is 32.1 Å². The number of ether oxygens (including phenoxy) is 2. The molecular weight excluding hydrogens is 532 g/mol. The number of aryl methyl sites for hydroxylation is 1. The number of nitriles is 1. The summed E-state index contributed by atoms with van der Waals surface area (Å²) in [7, 11) is 2.13. The number of nitrogens with zero attached hydrogens (tertiary/aromatic N) is 4. The Labute approximate surface area is 249 Å². The number of ketones is 1. The van der Waals surface area contributed by atoms with Crippen molar-refractivity contribution in [2.24, 2.45) is 5.92 Å². The number of benzene rings is 1. The molecule has 2 N–H and O–H groups in total. The fraction of sp³-hybridized carbons (Fsp3) is 0.656. The van der Waals surface area contributed by atoms with Crippen LogP contribution in [0.5, 0.6) is 0 Å². The van der Waals surface area contributed by atoms with E-state index < -0.39 is 18.0 Å². The van der Waals surface area contributed by atoms with Gasteiger partial charge in [-0.05, 0) is 69.0 Å². The molecule has 7 atom stereocenters. The highest BCUT2D eigenvalue weighted by molar-refractivity contribution is 5.94. The highest BCUT2D eigenvalue weighted by Crippen LogP contribution is 2.42. The molecule has 5 aliphatic rings. The minimum absolute atomic E-state index is 0.00314. The zero-order chi connectivity index (χ0) is 29.4. The second kappa shape index (κ2) is 12.2. The predicted octanol–water partition coefficient (Wildman–Crippen LogP) is 1.68. The smallest absolute Gasteiger partial charge is 0.246 e. The second-order valence-corrected chi connectivity index (χ2v) is 12.7. The molecule has 42 heavy (non-hydrogen) atoms. The molecular formula is C32H44N6O4. The third kappa shape index (κ3) is 5.43. The Bertz CT molecular complexity index is 1250. The van der Waals surface area contributed by atoms with Gasteiger partial charge in [-0.3, -0.25) is 25.1 Å². The Kier molecular flexibility index (Phi) is 8.51. The molecule has 10 nitrogen and oxygen atoms in total. The number of nitrogens with one attached hydrogen (secondary N) is 2. The summed E-state index contributed by atoms with van der Waals surface area (Å²) in [6, 6.07) is 8.23. The van der Waals surface area contributed by atoms with Crippen molar-refractivity contribution in [3.63, 3.8) is 0 Å². The zero-order valence-corrected chi connectivity index (χ0v) is 24.9. The lowest BCUT2D eigenvalue weighted by molar-refractivity contribution is -0.173. The van der Waals surface area contributed by atoms with E-state index in [-0.39, 0.29) is 36.2 Å². The molecule has 1 amide bonds. The minimum Gasteiger partial charge on any atom is -0.362 e. The van der Waals surface area contributed by atoms with Crippen LogP contribution >= 0.6 is 0 Å². The first-order chi connectivity index (χ1) is 20.3. The number of rotatable bonds is 6. The molecule has 1 spiro atoms. The molecule has 4 fully saturated rings. The largest absolute Gasteiger partial charge is 0.362 e. The molecule has 0 bridgehead atoms. The van der Waals surface area contributed by atoms with Gasteiger partial charge >= 0.3 is 0 Å². The van der Waals surface area contributed by atoms with Crippen LogP contribution in [0.25, 0.3) is 0 Å². The van der Waals surface area contributed by atoms with Gasteiger partial charge in [0, 0.05) is 38.0 Å². The van der Waals surface area contributed by atoms with Crippen LogP contribution in [0, 0.1) is 24.2 Å². The number of amides is 1. The van der Waals surface area contributed by atoms with E-state index in [0.29, 0.717) is 51.7 Å². The van der Waals surface area contributed by atoms with Gasteiger partial charge in [-0.25, -0.2) is 0 Å². The van der Waals surface area contributed by atoms with Crippen LogP contribution < -0.4 is 10.6 Å². The van der Waals surface area contributed by atoms with Gasteiger partial charge in [0.25, 0.3) is 0 Å². The summed E-state index contributed by atoms with van der Waals surface area (Å²) in [6.45, 7) is 9.57. The fourth-order valence-corrected chi connectivity index (χ4v) is 7.91. The Balaban J connectivity index is 1.25. The van der Waals surface area contributed by atoms with Crippen molar-refractivity contribution in [2.75, 3.05) is 39.8 Å². The Morgan fingerprint density at radius 1 is 1.26 bits per heavy atom. The monoisotopic (exact) mass is 576 g/mol. The number of fused-ring (bicyclic) bond motifs is 2. The zero-order valence-electron chi connectivity index (χ0n) is 24.9. The summed E-state index contributed by atoms with van der Waals surface area (Å²) in [5.74, 6) is -0.0316. The number of Topliss-reactive ketones (excluding diaryl/α,β-unsaturated/α-hetero) is 1. The van der Waals surface area contributed by atoms with Crippen LogP contribution in [0.2, 0.25) is 0 Å². The quantitative estimate of drug-likeness (QED) is 0.489. The number of likely N-dealkylation sites (tertiary alicyclic amines) is 1. The molecule has 226 valence electrons. The van der Waals surface area contributed by atoms with Crippen LogP contribution in [0.1, 0.15) is 48.8 Å². The van der Waals surface area contributed by atoms with E-state index >= 15 is 0 Å². The summed E-state index contributed by atoms with van der Waals surface area (Å²) in [4.78, 5) is 33.4. The van der Waals surface area contributed by atoms with E-state index in [1.54, 1.807) is 4.90 Å².